The van der Waals surface area contributed by atoms with Gasteiger partial charge in [-0.3, -0.25) is 0 Å². The third kappa shape index (κ3) is 6.00. The molecule has 0 radical (unpaired) electrons. The van der Waals surface area contributed by atoms with Crippen LogP contribution in [0.25, 0.3) is 0 Å². The van der Waals surface area contributed by atoms with E-state index in [9.17, 15) is 13.6 Å². The van der Waals surface area contributed by atoms with Gasteiger partial charge in [0.05, 0.1) is 7.11 Å². The summed E-state index contributed by atoms with van der Waals surface area (Å²) in [7, 11) is 1.25. The van der Waals surface area contributed by atoms with Crippen molar-refractivity contribution in [3.63, 3.8) is 0 Å². The zero-order chi connectivity index (χ0) is 16.8. The molecule has 0 atom stereocenters. The fourth-order valence-electron chi connectivity index (χ4n) is 1.49. The first-order chi connectivity index (χ1) is 10.2. The van der Waals surface area contributed by atoms with Crippen molar-refractivity contribution in [3.8, 4) is 17.6 Å². The monoisotopic (exact) mass is 311 g/mol. The molecule has 1 aromatic carbocycles. The third-order valence-corrected chi connectivity index (χ3v) is 2.37. The van der Waals surface area contributed by atoms with Crippen molar-refractivity contribution >= 4 is 6.09 Å². The molecular weight excluding hydrogens is 292 g/mol. The second kappa shape index (κ2) is 7.64. The minimum absolute atomic E-state index is 0.198. The Balaban J connectivity index is 2.52. The molecule has 22 heavy (non-hydrogen) atoms. The van der Waals surface area contributed by atoms with Crippen LogP contribution in [0.5, 0.6) is 5.75 Å². The maximum Gasteiger partial charge on any atom is 0.407 e. The van der Waals surface area contributed by atoms with Gasteiger partial charge in [-0.1, -0.05) is 11.8 Å². The highest BCUT2D eigenvalue weighted by Crippen LogP contribution is 2.21. The summed E-state index contributed by atoms with van der Waals surface area (Å²) in [5, 5.41) is 2.55. The van der Waals surface area contributed by atoms with Gasteiger partial charge in [0, 0.05) is 18.5 Å². The van der Waals surface area contributed by atoms with E-state index >= 15 is 0 Å². The van der Waals surface area contributed by atoms with Crippen LogP contribution in [0.1, 0.15) is 32.8 Å². The van der Waals surface area contributed by atoms with Gasteiger partial charge in [0.1, 0.15) is 5.60 Å². The van der Waals surface area contributed by atoms with Gasteiger partial charge in [0.15, 0.2) is 11.6 Å². The zero-order valence-electron chi connectivity index (χ0n) is 13.0. The predicted octanol–water partition coefficient (Wildman–Crippen LogP) is 3.24. The number of halogens is 2. The number of methoxy groups -OCH3 is 1. The quantitative estimate of drug-likeness (QED) is 0.688. The van der Waals surface area contributed by atoms with Crippen LogP contribution in [0.2, 0.25) is 0 Å². The van der Waals surface area contributed by atoms with Crippen LogP contribution in [-0.4, -0.2) is 25.3 Å². The number of hydrogen-bond acceptors (Lipinski definition) is 3. The van der Waals surface area contributed by atoms with E-state index in [1.807, 2.05) is 0 Å². The predicted molar refractivity (Wildman–Crippen MR) is 78.6 cm³/mol. The molecule has 1 aromatic rings. The number of hydrogen-bond donors (Lipinski definition) is 1. The molecule has 0 aliphatic heterocycles. The van der Waals surface area contributed by atoms with Crippen molar-refractivity contribution in [2.45, 2.75) is 32.8 Å². The molecule has 120 valence electrons. The van der Waals surface area contributed by atoms with Gasteiger partial charge in [-0.25, -0.2) is 9.18 Å². The van der Waals surface area contributed by atoms with Crippen LogP contribution < -0.4 is 10.1 Å². The molecule has 0 saturated heterocycles. The molecule has 1 N–H and O–H groups in total. The van der Waals surface area contributed by atoms with Crippen molar-refractivity contribution in [2.75, 3.05) is 13.7 Å². The first-order valence-corrected chi connectivity index (χ1v) is 6.71. The van der Waals surface area contributed by atoms with E-state index in [0.29, 0.717) is 18.5 Å². The first-order valence-electron chi connectivity index (χ1n) is 6.71. The lowest BCUT2D eigenvalue weighted by Gasteiger charge is -2.19. The highest BCUT2D eigenvalue weighted by Gasteiger charge is 2.15. The number of nitrogens with one attached hydrogen (secondary N) is 1. The first kappa shape index (κ1) is 17.8. The van der Waals surface area contributed by atoms with Gasteiger partial charge in [-0.05, 0) is 32.9 Å². The van der Waals surface area contributed by atoms with Gasteiger partial charge < -0.3 is 14.8 Å². The van der Waals surface area contributed by atoms with Gasteiger partial charge in [-0.15, -0.1) is 0 Å². The maximum atomic E-state index is 13.3. The molecule has 0 unspecified atom stereocenters. The smallest absolute Gasteiger partial charge is 0.407 e. The summed E-state index contributed by atoms with van der Waals surface area (Å²) in [5.41, 5.74) is -0.258. The van der Waals surface area contributed by atoms with Crippen LogP contribution in [0, 0.1) is 23.5 Å². The molecule has 0 fully saturated rings. The molecule has 0 saturated carbocycles. The Kier molecular flexibility index (Phi) is 6.17. The van der Waals surface area contributed by atoms with Gasteiger partial charge in [0.25, 0.3) is 0 Å². The lowest BCUT2D eigenvalue weighted by Crippen LogP contribution is -2.32. The zero-order valence-corrected chi connectivity index (χ0v) is 13.0. The van der Waals surface area contributed by atoms with Crippen LogP contribution in [0.3, 0.4) is 0 Å². The number of amides is 1. The SMILES string of the molecule is COc1cc(C#CCCNC(=O)OC(C)(C)C)cc(F)c1F. The number of benzene rings is 1. The Morgan fingerprint density at radius 3 is 2.59 bits per heavy atom. The third-order valence-electron chi connectivity index (χ3n) is 2.37. The molecule has 1 amide bonds. The summed E-state index contributed by atoms with van der Waals surface area (Å²) >= 11 is 0. The van der Waals surface area contributed by atoms with Gasteiger partial charge >= 0.3 is 6.09 Å². The molecule has 0 heterocycles. The van der Waals surface area contributed by atoms with E-state index in [0.717, 1.165) is 6.07 Å². The molecule has 4 nitrogen and oxygen atoms in total. The summed E-state index contributed by atoms with van der Waals surface area (Å²) in [5.74, 6) is 3.18. The van der Waals surface area contributed by atoms with Gasteiger partial charge in [-0.2, -0.15) is 4.39 Å². The van der Waals surface area contributed by atoms with Crippen LogP contribution in [-0.2, 0) is 4.74 Å². The highest BCUT2D eigenvalue weighted by atomic mass is 19.2. The highest BCUT2D eigenvalue weighted by molar-refractivity contribution is 5.67. The summed E-state index contributed by atoms with van der Waals surface area (Å²) in [4.78, 5) is 11.4. The molecule has 0 aliphatic carbocycles. The van der Waals surface area contributed by atoms with Crippen molar-refractivity contribution in [1.29, 1.82) is 0 Å². The average Bonchev–Trinajstić information content (AvgIpc) is 2.40. The Morgan fingerprint density at radius 2 is 2.00 bits per heavy atom. The summed E-state index contributed by atoms with van der Waals surface area (Å²) in [6.45, 7) is 5.59. The molecule has 0 bridgehead atoms. The topological polar surface area (TPSA) is 47.6 Å². The maximum absolute atomic E-state index is 13.3. The van der Waals surface area contributed by atoms with Crippen molar-refractivity contribution in [1.82, 2.24) is 5.32 Å². The molecular formula is C16H19F2NO3. The molecule has 1 rings (SSSR count). The van der Waals surface area contributed by atoms with E-state index in [1.54, 1.807) is 20.8 Å². The fourth-order valence-corrected chi connectivity index (χ4v) is 1.49. The molecule has 0 aliphatic rings. The minimum atomic E-state index is -1.04. The van der Waals surface area contributed by atoms with Crippen molar-refractivity contribution in [2.24, 2.45) is 0 Å². The Labute approximate surface area is 128 Å². The second-order valence-electron chi connectivity index (χ2n) is 5.45. The van der Waals surface area contributed by atoms with Crippen molar-refractivity contribution in [3.05, 3.63) is 29.3 Å². The van der Waals surface area contributed by atoms with E-state index in [4.69, 9.17) is 9.47 Å². The van der Waals surface area contributed by atoms with Crippen LogP contribution in [0.15, 0.2) is 12.1 Å². The fraction of sp³-hybridized carbons (Fsp3) is 0.438. The number of ether oxygens (including phenoxy) is 2. The number of carbonyl (C=O) groups is 1. The minimum Gasteiger partial charge on any atom is -0.494 e. The Hall–Kier alpha value is -2.29. The van der Waals surface area contributed by atoms with E-state index < -0.39 is 23.3 Å². The van der Waals surface area contributed by atoms with Crippen LogP contribution >= 0.6 is 0 Å². The largest absolute Gasteiger partial charge is 0.494 e. The van der Waals surface area contributed by atoms with E-state index in [-0.39, 0.29) is 5.75 Å². The number of rotatable bonds is 3. The lowest BCUT2D eigenvalue weighted by atomic mass is 10.2. The van der Waals surface area contributed by atoms with Crippen LogP contribution in [0.4, 0.5) is 13.6 Å². The normalized spacial score (nSPS) is 10.5. The lowest BCUT2D eigenvalue weighted by molar-refractivity contribution is 0.0529. The summed E-state index contributed by atoms with van der Waals surface area (Å²) < 4.78 is 36.3. The average molecular weight is 311 g/mol. The van der Waals surface area contributed by atoms with E-state index in [1.165, 1.54) is 13.2 Å². The Bertz CT molecular complexity index is 598. The second-order valence-corrected chi connectivity index (χ2v) is 5.45. The molecule has 0 aromatic heterocycles. The molecule has 6 heteroatoms. The Morgan fingerprint density at radius 1 is 1.32 bits per heavy atom. The molecule has 0 spiro atoms. The summed E-state index contributed by atoms with van der Waals surface area (Å²) in [6.07, 6.45) is -0.176. The number of alkyl carbamates (subject to hydrolysis) is 1. The summed E-state index contributed by atoms with van der Waals surface area (Å²) in [6, 6.07) is 2.30. The number of carbonyl (C=O) groups excluding carboxylic acids is 1. The van der Waals surface area contributed by atoms with E-state index in [2.05, 4.69) is 17.2 Å². The van der Waals surface area contributed by atoms with Gasteiger partial charge in [0.2, 0.25) is 5.82 Å². The standard InChI is InChI=1S/C16H19F2NO3/c1-16(2,3)22-15(20)19-8-6-5-7-11-9-12(17)14(18)13(10-11)21-4/h9-10H,6,8H2,1-4H3,(H,19,20). The van der Waals surface area contributed by atoms with Crippen molar-refractivity contribution < 1.29 is 23.0 Å².